The largest absolute Gasteiger partial charge is 0.461 e. The fourth-order valence-electron chi connectivity index (χ4n) is 2.14. The zero-order valence-electron chi connectivity index (χ0n) is 9.73. The van der Waals surface area contributed by atoms with Crippen LogP contribution in [0.15, 0.2) is 12.1 Å². The van der Waals surface area contributed by atoms with Crippen molar-refractivity contribution in [1.29, 1.82) is 0 Å². The van der Waals surface area contributed by atoms with Crippen molar-refractivity contribution in [2.45, 2.75) is 31.9 Å². The Morgan fingerprint density at radius 2 is 2.06 bits per heavy atom. The zero-order valence-corrected chi connectivity index (χ0v) is 11.2. The maximum absolute atomic E-state index is 11.8. The van der Waals surface area contributed by atoms with Gasteiger partial charge in [0, 0.05) is 6.04 Å². The van der Waals surface area contributed by atoms with Crippen molar-refractivity contribution >= 4 is 29.2 Å². The number of rotatable bonds is 3. The van der Waals surface area contributed by atoms with Crippen LogP contribution in [0.3, 0.4) is 0 Å². The Morgan fingerprint density at radius 3 is 2.61 bits per heavy atom. The van der Waals surface area contributed by atoms with E-state index in [0.29, 0.717) is 0 Å². The fourth-order valence-corrected chi connectivity index (χ4v) is 2.65. The summed E-state index contributed by atoms with van der Waals surface area (Å²) >= 11 is 11.5. The number of hydrogen-bond acceptors (Lipinski definition) is 4. The summed E-state index contributed by atoms with van der Waals surface area (Å²) in [5.74, 6) is -0.429. The van der Waals surface area contributed by atoms with Crippen molar-refractivity contribution in [3.63, 3.8) is 0 Å². The lowest BCUT2D eigenvalue weighted by Crippen LogP contribution is -2.31. The average molecular weight is 289 g/mol. The van der Waals surface area contributed by atoms with Gasteiger partial charge < -0.3 is 10.5 Å². The van der Waals surface area contributed by atoms with E-state index < -0.39 is 0 Å². The molecule has 2 atom stereocenters. The van der Waals surface area contributed by atoms with Crippen LogP contribution in [0.4, 0.5) is 0 Å². The second-order valence-electron chi connectivity index (χ2n) is 4.43. The summed E-state index contributed by atoms with van der Waals surface area (Å²) in [6, 6.07) is 3.16. The van der Waals surface area contributed by atoms with E-state index in [1.165, 1.54) is 0 Å². The van der Waals surface area contributed by atoms with Crippen LogP contribution in [0.1, 0.15) is 24.8 Å². The molecular weight excluding hydrogens is 275 g/mol. The first-order valence-corrected chi connectivity index (χ1v) is 6.56. The van der Waals surface area contributed by atoms with Crippen LogP contribution in [0.5, 0.6) is 0 Å². The summed E-state index contributed by atoms with van der Waals surface area (Å²) in [7, 11) is 0. The van der Waals surface area contributed by atoms with Gasteiger partial charge in [0.05, 0.1) is 5.92 Å². The molecule has 1 aliphatic carbocycles. The highest BCUT2D eigenvalue weighted by molar-refractivity contribution is 6.32. The van der Waals surface area contributed by atoms with Crippen LogP contribution >= 0.6 is 23.2 Å². The number of carbonyl (C=O) groups is 1. The summed E-state index contributed by atoms with van der Waals surface area (Å²) in [5.41, 5.74) is 6.57. The van der Waals surface area contributed by atoms with Gasteiger partial charge in [0.15, 0.2) is 0 Å². The summed E-state index contributed by atoms with van der Waals surface area (Å²) < 4.78 is 5.23. The Labute approximate surface area is 115 Å². The predicted molar refractivity (Wildman–Crippen MR) is 69.4 cm³/mol. The van der Waals surface area contributed by atoms with Gasteiger partial charge in [-0.1, -0.05) is 29.6 Å². The second kappa shape index (κ2) is 5.87. The third-order valence-electron chi connectivity index (χ3n) is 3.08. The molecule has 0 bridgehead atoms. The minimum absolute atomic E-state index is 0.0814. The standard InChI is InChI=1S/C12H14Cl2N2O2/c13-10-4-7(5-11(14)16-10)6-18-12(17)8-2-1-3-9(8)15/h4-5,8-9H,1-3,6,15H2/t8-,9-/m1/s1. The highest BCUT2D eigenvalue weighted by Crippen LogP contribution is 2.25. The second-order valence-corrected chi connectivity index (χ2v) is 5.20. The minimum Gasteiger partial charge on any atom is -0.461 e. The number of aromatic nitrogens is 1. The van der Waals surface area contributed by atoms with Crippen molar-refractivity contribution in [3.8, 4) is 0 Å². The number of nitrogens with two attached hydrogens (primary N) is 1. The molecule has 4 nitrogen and oxygen atoms in total. The first kappa shape index (κ1) is 13.6. The Bertz CT molecular complexity index is 433. The van der Waals surface area contributed by atoms with Gasteiger partial charge in [-0.15, -0.1) is 0 Å². The Kier molecular flexibility index (Phi) is 4.43. The molecule has 1 heterocycles. The van der Waals surface area contributed by atoms with E-state index in [0.717, 1.165) is 24.8 Å². The third kappa shape index (κ3) is 3.34. The van der Waals surface area contributed by atoms with Gasteiger partial charge in [0.2, 0.25) is 0 Å². The van der Waals surface area contributed by atoms with Crippen LogP contribution in [0.2, 0.25) is 10.3 Å². The number of carbonyl (C=O) groups excluding carboxylic acids is 1. The molecule has 6 heteroatoms. The van der Waals surface area contributed by atoms with Crippen LogP contribution in [-0.4, -0.2) is 17.0 Å². The lowest BCUT2D eigenvalue weighted by Gasteiger charge is -2.14. The van der Waals surface area contributed by atoms with Gasteiger partial charge in [0.1, 0.15) is 16.9 Å². The molecular formula is C12H14Cl2N2O2. The number of ether oxygens (including phenoxy) is 1. The SMILES string of the molecule is N[C@@H]1CCC[C@H]1C(=O)OCc1cc(Cl)nc(Cl)c1. The molecule has 1 aliphatic rings. The summed E-state index contributed by atoms with van der Waals surface area (Å²) in [5, 5.41) is 0.567. The number of nitrogens with zero attached hydrogens (tertiary/aromatic N) is 1. The Morgan fingerprint density at radius 1 is 1.39 bits per heavy atom. The zero-order chi connectivity index (χ0) is 13.1. The van der Waals surface area contributed by atoms with Crippen LogP contribution in [0, 0.1) is 5.92 Å². The molecule has 98 valence electrons. The summed E-state index contributed by atoms with van der Waals surface area (Å²) in [6.07, 6.45) is 2.67. The lowest BCUT2D eigenvalue weighted by molar-refractivity contribution is -0.150. The highest BCUT2D eigenvalue weighted by atomic mass is 35.5. The number of halogens is 2. The number of pyridine rings is 1. The van der Waals surface area contributed by atoms with E-state index in [1.54, 1.807) is 12.1 Å². The molecule has 0 amide bonds. The topological polar surface area (TPSA) is 65.2 Å². The van der Waals surface area contributed by atoms with Crippen molar-refractivity contribution in [3.05, 3.63) is 28.0 Å². The molecule has 0 aliphatic heterocycles. The fraction of sp³-hybridized carbons (Fsp3) is 0.500. The quantitative estimate of drug-likeness (QED) is 0.686. The van der Waals surface area contributed by atoms with Crippen molar-refractivity contribution in [2.24, 2.45) is 11.7 Å². The van der Waals surface area contributed by atoms with Crippen molar-refractivity contribution in [2.75, 3.05) is 0 Å². The van der Waals surface area contributed by atoms with Crippen molar-refractivity contribution < 1.29 is 9.53 Å². The lowest BCUT2D eigenvalue weighted by atomic mass is 10.1. The van der Waals surface area contributed by atoms with E-state index >= 15 is 0 Å². The molecule has 0 unspecified atom stereocenters. The molecule has 1 aromatic heterocycles. The molecule has 18 heavy (non-hydrogen) atoms. The highest BCUT2D eigenvalue weighted by Gasteiger charge is 2.31. The van der Waals surface area contributed by atoms with Gasteiger partial charge in [0.25, 0.3) is 0 Å². The Balaban J connectivity index is 1.92. The van der Waals surface area contributed by atoms with E-state index in [9.17, 15) is 4.79 Å². The van der Waals surface area contributed by atoms with Gasteiger partial charge >= 0.3 is 5.97 Å². The Hall–Kier alpha value is -0.840. The summed E-state index contributed by atoms with van der Waals surface area (Å²) in [4.78, 5) is 15.6. The van der Waals surface area contributed by atoms with Gasteiger partial charge in [-0.25, -0.2) is 4.98 Å². The first-order chi connectivity index (χ1) is 8.56. The normalized spacial score (nSPS) is 23.1. The first-order valence-electron chi connectivity index (χ1n) is 5.80. The average Bonchev–Trinajstić information content (AvgIpc) is 2.71. The maximum atomic E-state index is 11.8. The molecule has 1 fully saturated rings. The molecule has 2 rings (SSSR count). The molecule has 0 radical (unpaired) electrons. The third-order valence-corrected chi connectivity index (χ3v) is 3.46. The van der Waals surface area contributed by atoms with E-state index in [1.807, 2.05) is 0 Å². The molecule has 0 saturated heterocycles. The van der Waals surface area contributed by atoms with Crippen molar-refractivity contribution in [1.82, 2.24) is 4.98 Å². The van der Waals surface area contributed by atoms with Gasteiger partial charge in [-0.05, 0) is 30.5 Å². The maximum Gasteiger partial charge on any atom is 0.310 e. The molecule has 2 N–H and O–H groups in total. The van der Waals surface area contributed by atoms with E-state index in [2.05, 4.69) is 4.98 Å². The molecule has 0 spiro atoms. The van der Waals surface area contributed by atoms with Gasteiger partial charge in [-0.2, -0.15) is 0 Å². The predicted octanol–water partition coefficient (Wildman–Crippen LogP) is 2.56. The number of esters is 1. The minimum atomic E-state index is -0.246. The number of hydrogen-bond donors (Lipinski definition) is 1. The van der Waals surface area contributed by atoms with E-state index in [4.69, 9.17) is 33.7 Å². The van der Waals surface area contributed by atoms with Crippen LogP contribution in [-0.2, 0) is 16.1 Å². The monoisotopic (exact) mass is 288 g/mol. The van der Waals surface area contributed by atoms with Crippen LogP contribution in [0.25, 0.3) is 0 Å². The smallest absolute Gasteiger partial charge is 0.310 e. The molecule has 1 saturated carbocycles. The van der Waals surface area contributed by atoms with E-state index in [-0.39, 0.29) is 34.8 Å². The molecule has 0 aromatic carbocycles. The molecule has 1 aromatic rings. The van der Waals surface area contributed by atoms with Gasteiger partial charge in [-0.3, -0.25) is 4.79 Å². The van der Waals surface area contributed by atoms with Crippen LogP contribution < -0.4 is 5.73 Å². The summed E-state index contributed by atoms with van der Waals surface area (Å²) in [6.45, 7) is 0.143.